The topological polar surface area (TPSA) is 41.0 Å². The van der Waals surface area contributed by atoms with E-state index in [0.29, 0.717) is 11.5 Å². The molecule has 0 radical (unpaired) electrons. The molecule has 6 aromatic rings. The molecule has 1 aromatic heterocycles. The van der Waals surface area contributed by atoms with Crippen LogP contribution in [0.3, 0.4) is 0 Å². The van der Waals surface area contributed by atoms with Gasteiger partial charge in [-0.15, -0.1) is 48.6 Å². The molecule has 0 aliphatic carbocycles. The quantitative estimate of drug-likeness (QED) is 0.151. The van der Waals surface area contributed by atoms with Crippen LogP contribution in [0.4, 0.5) is 11.4 Å². The number of aromatic nitrogens is 1. The molecule has 0 saturated heterocycles. The molecule has 0 spiro atoms. The van der Waals surface area contributed by atoms with E-state index in [0.717, 1.165) is 45.3 Å². The van der Waals surface area contributed by atoms with Crippen molar-refractivity contribution >= 4 is 17.2 Å². The van der Waals surface area contributed by atoms with Crippen molar-refractivity contribution < 1.29 is 25.8 Å². The first-order valence-corrected chi connectivity index (χ1v) is 15.3. The number of pyridine rings is 1. The number of amidine groups is 1. The van der Waals surface area contributed by atoms with Crippen molar-refractivity contribution in [2.45, 2.75) is 26.2 Å². The van der Waals surface area contributed by atoms with Crippen molar-refractivity contribution in [1.82, 2.24) is 4.98 Å². The maximum absolute atomic E-state index is 6.33. The van der Waals surface area contributed by atoms with Crippen molar-refractivity contribution in [3.8, 4) is 34.0 Å². The first kappa shape index (κ1) is 32.0. The number of rotatable bonds is 7. The molecule has 5 nitrogen and oxygen atoms in total. The fourth-order valence-electron chi connectivity index (χ4n) is 5.28. The number of hydrogen-bond acceptors (Lipinski definition) is 5. The predicted octanol–water partition coefficient (Wildman–Crippen LogP) is 9.91. The monoisotopic (exact) mass is 792 g/mol. The van der Waals surface area contributed by atoms with E-state index in [1.807, 2.05) is 103 Å². The van der Waals surface area contributed by atoms with Crippen LogP contribution in [0.5, 0.6) is 11.5 Å². The largest absolute Gasteiger partial charge is 0.503 e. The fourth-order valence-corrected chi connectivity index (χ4v) is 5.28. The molecule has 1 aliphatic heterocycles. The van der Waals surface area contributed by atoms with Crippen LogP contribution in [0.2, 0.25) is 0 Å². The zero-order valence-electron chi connectivity index (χ0n) is 26.4. The molecule has 0 saturated carbocycles. The van der Waals surface area contributed by atoms with Gasteiger partial charge in [0.15, 0.2) is 0 Å². The van der Waals surface area contributed by atoms with E-state index in [9.17, 15) is 0 Å². The first-order chi connectivity index (χ1) is 22.4. The Bertz CT molecular complexity index is 1990. The van der Waals surface area contributed by atoms with E-state index in [1.54, 1.807) is 0 Å². The number of nitrogens with zero attached hydrogens (tertiary/aromatic N) is 4. The van der Waals surface area contributed by atoms with Crippen LogP contribution >= 0.6 is 0 Å². The Morgan fingerprint density at radius 3 is 1.91 bits per heavy atom. The molecule has 5 aromatic carbocycles. The number of anilines is 2. The summed E-state index contributed by atoms with van der Waals surface area (Å²) in [4.78, 5) is 7.12. The Kier molecular flexibility index (Phi) is 9.38. The fraction of sp³-hybridized carbons (Fsp3) is 0.0976. The van der Waals surface area contributed by atoms with Gasteiger partial charge in [0.05, 0.1) is 5.69 Å². The standard InChI is InChI=1S/C41H33N4O.Pt/c1-41(2,3)33-26-38(30-15-7-4-8-16-30)42-39(27-33)32-19-13-23-36(25-32)46-37-24-14-22-35(28-37)45-29-44(34-20-11-6-12-21-34)40(43-45)31-17-9-5-10-18-31;/h4-24,26-27,29H,1-3H3;/q-3;. The predicted molar refractivity (Wildman–Crippen MR) is 187 cm³/mol. The van der Waals surface area contributed by atoms with Crippen LogP contribution in [0, 0.1) is 18.8 Å². The SMILES string of the molecule is CC(C)(C)c1cc(-c2[c-]c(Oc3[c-]c(N4[CH-]N(c5ccccc5)C(c5ccccc5)=N4)ccc3)ccc2)nc(-c2ccccc2)c1.[Pt]. The Morgan fingerprint density at radius 1 is 0.638 bits per heavy atom. The summed E-state index contributed by atoms with van der Waals surface area (Å²) < 4.78 is 6.33. The van der Waals surface area contributed by atoms with E-state index in [1.165, 1.54) is 5.56 Å². The number of para-hydroxylation sites is 1. The van der Waals surface area contributed by atoms with Crippen molar-refractivity contribution in [2.75, 3.05) is 9.91 Å². The minimum absolute atomic E-state index is 0. The van der Waals surface area contributed by atoms with Gasteiger partial charge in [0.25, 0.3) is 0 Å². The van der Waals surface area contributed by atoms with Gasteiger partial charge in [-0.05, 0) is 40.4 Å². The van der Waals surface area contributed by atoms with Gasteiger partial charge in [0.1, 0.15) is 5.84 Å². The Hall–Kier alpha value is -4.99. The summed E-state index contributed by atoms with van der Waals surface area (Å²) in [5, 5.41) is 6.80. The third kappa shape index (κ3) is 7.21. The molecule has 2 heterocycles. The van der Waals surface area contributed by atoms with E-state index < -0.39 is 0 Å². The maximum atomic E-state index is 6.33. The van der Waals surface area contributed by atoms with Crippen molar-refractivity contribution in [3.05, 3.63) is 169 Å². The van der Waals surface area contributed by atoms with E-state index in [-0.39, 0.29) is 26.5 Å². The molecule has 7 rings (SSSR count). The van der Waals surface area contributed by atoms with Crippen LogP contribution in [-0.4, -0.2) is 10.8 Å². The smallest absolute Gasteiger partial charge is 0.129 e. The molecule has 0 amide bonds. The number of hydrogen-bond donors (Lipinski definition) is 0. The zero-order chi connectivity index (χ0) is 31.5. The molecule has 0 unspecified atom stereocenters. The Balaban J connectivity index is 0.00000386. The summed E-state index contributed by atoms with van der Waals surface area (Å²) >= 11 is 0. The van der Waals surface area contributed by atoms with Gasteiger partial charge in [-0.3, -0.25) is 4.98 Å². The summed E-state index contributed by atoms with van der Waals surface area (Å²) in [5.41, 5.74) is 7.68. The summed E-state index contributed by atoms with van der Waals surface area (Å²) in [6, 6.07) is 53.5. The van der Waals surface area contributed by atoms with Gasteiger partial charge in [0, 0.05) is 43.8 Å². The van der Waals surface area contributed by atoms with E-state index in [2.05, 4.69) is 86.3 Å². The Labute approximate surface area is 291 Å². The van der Waals surface area contributed by atoms with Gasteiger partial charge in [-0.25, -0.2) is 0 Å². The zero-order valence-corrected chi connectivity index (χ0v) is 28.6. The summed E-state index contributed by atoms with van der Waals surface area (Å²) in [7, 11) is 0. The molecule has 0 atom stereocenters. The molecular weight excluding hydrogens is 760 g/mol. The normalized spacial score (nSPS) is 12.8. The van der Waals surface area contributed by atoms with Gasteiger partial charge >= 0.3 is 0 Å². The van der Waals surface area contributed by atoms with E-state index in [4.69, 9.17) is 14.8 Å². The first-order valence-electron chi connectivity index (χ1n) is 15.3. The summed E-state index contributed by atoms with van der Waals surface area (Å²) in [6.45, 7) is 8.63. The second-order valence-corrected chi connectivity index (χ2v) is 12.1. The minimum Gasteiger partial charge on any atom is -0.503 e. The molecule has 6 heteroatoms. The van der Waals surface area contributed by atoms with Gasteiger partial charge in [-0.1, -0.05) is 117 Å². The molecule has 0 fully saturated rings. The van der Waals surface area contributed by atoms with Crippen LogP contribution in [-0.2, 0) is 26.5 Å². The molecule has 47 heavy (non-hydrogen) atoms. The number of ether oxygens (including phenoxy) is 1. The van der Waals surface area contributed by atoms with Crippen LogP contribution in [0.15, 0.2) is 145 Å². The van der Waals surface area contributed by atoms with Crippen LogP contribution in [0.1, 0.15) is 31.9 Å². The van der Waals surface area contributed by atoms with Crippen molar-refractivity contribution in [3.63, 3.8) is 0 Å². The number of hydrazone groups is 1. The van der Waals surface area contributed by atoms with Gasteiger partial charge in [-0.2, -0.15) is 11.2 Å². The van der Waals surface area contributed by atoms with Crippen LogP contribution in [0.25, 0.3) is 22.5 Å². The average molecular weight is 793 g/mol. The minimum atomic E-state index is -0.0454. The number of benzene rings is 5. The second kappa shape index (κ2) is 13.8. The third-order valence-electron chi connectivity index (χ3n) is 7.75. The van der Waals surface area contributed by atoms with E-state index >= 15 is 0 Å². The second-order valence-electron chi connectivity index (χ2n) is 12.1. The average Bonchev–Trinajstić information content (AvgIpc) is 3.55. The molecule has 236 valence electrons. The van der Waals surface area contributed by atoms with Crippen LogP contribution < -0.4 is 14.6 Å². The van der Waals surface area contributed by atoms with Gasteiger partial charge < -0.3 is 14.6 Å². The molecule has 1 aliphatic rings. The van der Waals surface area contributed by atoms with Crippen molar-refractivity contribution in [2.24, 2.45) is 5.10 Å². The maximum Gasteiger partial charge on any atom is 0.129 e. The molecule has 0 bridgehead atoms. The Morgan fingerprint density at radius 2 is 1.23 bits per heavy atom. The van der Waals surface area contributed by atoms with Gasteiger partial charge in [0.2, 0.25) is 0 Å². The summed E-state index contributed by atoms with van der Waals surface area (Å²) in [6.07, 6.45) is 0. The summed E-state index contributed by atoms with van der Waals surface area (Å²) in [5.74, 6) is 1.97. The van der Waals surface area contributed by atoms with Crippen molar-refractivity contribution in [1.29, 1.82) is 0 Å². The molecule has 0 N–H and O–H groups in total. The molecular formula is C41H33N4OPt-3. The third-order valence-corrected chi connectivity index (χ3v) is 7.75.